The average molecular weight is 306 g/mol. The molecule has 1 radical (unpaired) electrons. The molecule has 2 aromatic rings. The first-order valence-electron chi connectivity index (χ1n) is 7.98. The van der Waals surface area contributed by atoms with Gasteiger partial charge < -0.3 is 0 Å². The van der Waals surface area contributed by atoms with Crippen LogP contribution in [0.15, 0.2) is 73.8 Å². The van der Waals surface area contributed by atoms with Crippen LogP contribution in [0, 0.1) is 0 Å². The summed E-state index contributed by atoms with van der Waals surface area (Å²) >= 11 is 0. The lowest BCUT2D eigenvalue weighted by molar-refractivity contribution is 1.00. The molecule has 0 saturated carbocycles. The monoisotopic (exact) mass is 305 g/mol. The van der Waals surface area contributed by atoms with Crippen molar-refractivity contribution in [1.29, 1.82) is 0 Å². The minimum atomic E-state index is -0.658. The standard InChI is InChI=1S/C21H25Si/c1-4-6-8-18-10-14-20(15-11-18)22(3)21-16-12-19(13-17-21)9-7-5-2/h4-5,10-17H,1-2,6-9H2,3H3. The Kier molecular flexibility index (Phi) is 6.41. The second kappa shape index (κ2) is 8.55. The van der Waals surface area contributed by atoms with Gasteiger partial charge in [-0.1, -0.05) is 77.6 Å². The van der Waals surface area contributed by atoms with Crippen molar-refractivity contribution in [1.82, 2.24) is 0 Å². The van der Waals surface area contributed by atoms with Gasteiger partial charge in [0.2, 0.25) is 0 Å². The van der Waals surface area contributed by atoms with Gasteiger partial charge in [-0.2, -0.15) is 0 Å². The Morgan fingerprint density at radius 2 is 1.09 bits per heavy atom. The molecule has 2 aromatic carbocycles. The van der Waals surface area contributed by atoms with Gasteiger partial charge in [0.1, 0.15) is 8.80 Å². The van der Waals surface area contributed by atoms with E-state index in [4.69, 9.17) is 0 Å². The third-order valence-electron chi connectivity index (χ3n) is 4.05. The van der Waals surface area contributed by atoms with Crippen LogP contribution in [0.1, 0.15) is 24.0 Å². The van der Waals surface area contributed by atoms with Gasteiger partial charge >= 0.3 is 0 Å². The summed E-state index contributed by atoms with van der Waals surface area (Å²) in [7, 11) is -0.658. The lowest BCUT2D eigenvalue weighted by Gasteiger charge is -2.12. The number of benzene rings is 2. The predicted molar refractivity (Wildman–Crippen MR) is 101 cm³/mol. The highest BCUT2D eigenvalue weighted by Crippen LogP contribution is 2.05. The molecule has 0 bridgehead atoms. The molecule has 2 rings (SSSR count). The maximum Gasteiger partial charge on any atom is 0.118 e. The molecule has 0 nitrogen and oxygen atoms in total. The van der Waals surface area contributed by atoms with Crippen molar-refractivity contribution < 1.29 is 0 Å². The first-order chi connectivity index (χ1) is 10.7. The molecule has 0 unspecified atom stereocenters. The second-order valence-corrected chi connectivity index (χ2v) is 8.08. The fourth-order valence-corrected chi connectivity index (χ4v) is 4.21. The van der Waals surface area contributed by atoms with Crippen LogP contribution in [0.4, 0.5) is 0 Å². The van der Waals surface area contributed by atoms with E-state index < -0.39 is 8.80 Å². The number of hydrogen-bond acceptors (Lipinski definition) is 0. The Hall–Kier alpha value is -1.86. The topological polar surface area (TPSA) is 0 Å². The summed E-state index contributed by atoms with van der Waals surface area (Å²) in [5, 5.41) is 2.96. The lowest BCUT2D eigenvalue weighted by Crippen LogP contribution is -2.39. The molecule has 1 heteroatoms. The number of hydrogen-bond donors (Lipinski definition) is 0. The fraction of sp³-hybridized carbons (Fsp3) is 0.238. The van der Waals surface area contributed by atoms with Crippen LogP contribution in [0.3, 0.4) is 0 Å². The Labute approximate surface area is 136 Å². The van der Waals surface area contributed by atoms with Crippen LogP contribution in [-0.2, 0) is 12.8 Å². The van der Waals surface area contributed by atoms with Crippen molar-refractivity contribution in [2.45, 2.75) is 32.2 Å². The van der Waals surface area contributed by atoms with Gasteiger partial charge in [0.05, 0.1) is 0 Å². The van der Waals surface area contributed by atoms with Crippen LogP contribution in [0.2, 0.25) is 6.55 Å². The van der Waals surface area contributed by atoms with Crippen molar-refractivity contribution in [2.75, 3.05) is 0 Å². The first kappa shape index (κ1) is 16.5. The normalized spacial score (nSPS) is 10.6. The van der Waals surface area contributed by atoms with Gasteiger partial charge in [-0.3, -0.25) is 0 Å². The summed E-state index contributed by atoms with van der Waals surface area (Å²) in [4.78, 5) is 0. The van der Waals surface area contributed by atoms with Gasteiger partial charge in [-0.25, -0.2) is 0 Å². The molecule has 113 valence electrons. The van der Waals surface area contributed by atoms with Crippen LogP contribution < -0.4 is 10.4 Å². The van der Waals surface area contributed by atoms with E-state index in [1.807, 2.05) is 12.2 Å². The summed E-state index contributed by atoms with van der Waals surface area (Å²) in [6.07, 6.45) is 8.25. The SMILES string of the molecule is C=CCCc1ccc([Si](C)c2ccc(CCC=C)cc2)cc1. The van der Waals surface area contributed by atoms with Gasteiger partial charge in [0.25, 0.3) is 0 Å². The van der Waals surface area contributed by atoms with E-state index in [1.54, 1.807) is 0 Å². The molecule has 0 aliphatic rings. The Morgan fingerprint density at radius 1 is 0.727 bits per heavy atom. The molecule has 0 saturated heterocycles. The van der Waals surface area contributed by atoms with Crippen molar-refractivity contribution in [3.8, 4) is 0 Å². The minimum absolute atomic E-state index is 0.658. The largest absolute Gasteiger partial charge is 0.118 e. The maximum absolute atomic E-state index is 3.79. The highest BCUT2D eigenvalue weighted by molar-refractivity contribution is 6.84. The highest BCUT2D eigenvalue weighted by Gasteiger charge is 2.10. The summed E-state index contributed by atoms with van der Waals surface area (Å²) < 4.78 is 0. The van der Waals surface area contributed by atoms with Crippen molar-refractivity contribution in [3.05, 3.63) is 85.0 Å². The first-order valence-corrected chi connectivity index (χ1v) is 9.98. The summed E-state index contributed by atoms with van der Waals surface area (Å²) in [5.41, 5.74) is 2.80. The van der Waals surface area contributed by atoms with Gasteiger partial charge in [0.15, 0.2) is 0 Å². The number of rotatable bonds is 8. The molecule has 0 aliphatic carbocycles. The van der Waals surface area contributed by atoms with Crippen molar-refractivity contribution in [3.63, 3.8) is 0 Å². The maximum atomic E-state index is 3.79. The van der Waals surface area contributed by atoms with E-state index in [2.05, 4.69) is 68.2 Å². The molecular formula is C21H25Si. The lowest BCUT2D eigenvalue weighted by atomic mass is 10.1. The van der Waals surface area contributed by atoms with E-state index in [-0.39, 0.29) is 0 Å². The van der Waals surface area contributed by atoms with E-state index in [1.165, 1.54) is 21.5 Å². The minimum Gasteiger partial charge on any atom is -0.103 e. The quantitative estimate of drug-likeness (QED) is 0.507. The van der Waals surface area contributed by atoms with Crippen molar-refractivity contribution in [2.24, 2.45) is 0 Å². The average Bonchev–Trinajstić information content (AvgIpc) is 2.58. The van der Waals surface area contributed by atoms with E-state index in [9.17, 15) is 0 Å². The molecule has 0 N–H and O–H groups in total. The number of allylic oxidation sites excluding steroid dienone is 2. The molecule has 0 aliphatic heterocycles. The highest BCUT2D eigenvalue weighted by atomic mass is 28.3. The van der Waals surface area contributed by atoms with Gasteiger partial charge in [0, 0.05) is 0 Å². The second-order valence-electron chi connectivity index (χ2n) is 5.67. The predicted octanol–water partition coefficient (Wildman–Crippen LogP) is 4.16. The zero-order valence-electron chi connectivity index (χ0n) is 13.5. The van der Waals surface area contributed by atoms with Crippen LogP contribution >= 0.6 is 0 Å². The summed E-state index contributed by atoms with van der Waals surface area (Å²) in [6.45, 7) is 9.95. The molecular weight excluding hydrogens is 280 g/mol. The Morgan fingerprint density at radius 3 is 1.41 bits per heavy atom. The smallest absolute Gasteiger partial charge is 0.103 e. The van der Waals surface area contributed by atoms with Crippen molar-refractivity contribution >= 4 is 19.2 Å². The fourth-order valence-electron chi connectivity index (χ4n) is 2.55. The summed E-state index contributed by atoms with van der Waals surface area (Å²) in [5.74, 6) is 0. The molecule has 0 heterocycles. The molecule has 0 aromatic heterocycles. The molecule has 0 spiro atoms. The third-order valence-corrected chi connectivity index (χ3v) is 6.45. The van der Waals surface area contributed by atoms with E-state index >= 15 is 0 Å². The van der Waals surface area contributed by atoms with Gasteiger partial charge in [-0.05, 0) is 36.8 Å². The zero-order chi connectivity index (χ0) is 15.8. The zero-order valence-corrected chi connectivity index (χ0v) is 14.5. The number of aryl methyl sites for hydroxylation is 2. The summed E-state index contributed by atoms with van der Waals surface area (Å²) in [6, 6.07) is 18.3. The van der Waals surface area contributed by atoms with Crippen LogP contribution in [0.5, 0.6) is 0 Å². The van der Waals surface area contributed by atoms with Crippen LogP contribution in [-0.4, -0.2) is 8.80 Å². The third kappa shape index (κ3) is 4.57. The molecule has 22 heavy (non-hydrogen) atoms. The Balaban J connectivity index is 2.05. The van der Waals surface area contributed by atoms with Crippen LogP contribution in [0.25, 0.3) is 0 Å². The Bertz CT molecular complexity index is 537. The molecule has 0 amide bonds. The van der Waals surface area contributed by atoms with E-state index in [0.717, 1.165) is 25.7 Å². The molecule has 0 fully saturated rings. The molecule has 0 atom stereocenters. The van der Waals surface area contributed by atoms with Gasteiger partial charge in [-0.15, -0.1) is 13.2 Å². The van der Waals surface area contributed by atoms with E-state index in [0.29, 0.717) is 0 Å².